The van der Waals surface area contributed by atoms with E-state index in [1.165, 1.54) is 0 Å². The lowest BCUT2D eigenvalue weighted by molar-refractivity contribution is 0.0796. The first-order chi connectivity index (χ1) is 8.52. The second-order valence-electron chi connectivity index (χ2n) is 5.27. The molecule has 100 valence electrons. The molecule has 0 spiro atoms. The first kappa shape index (κ1) is 13.6. The Labute approximate surface area is 113 Å². The van der Waals surface area contributed by atoms with E-state index in [9.17, 15) is 4.79 Å². The third-order valence-corrected chi connectivity index (χ3v) is 4.13. The van der Waals surface area contributed by atoms with Crippen LogP contribution in [-0.4, -0.2) is 28.7 Å². The highest BCUT2D eigenvalue weighted by Gasteiger charge is 2.42. The summed E-state index contributed by atoms with van der Waals surface area (Å²) in [6.45, 7) is 7.71. The number of Topliss-reactive ketones (excluding diaryl/α,β-unsaturated/α-hetero) is 1. The van der Waals surface area contributed by atoms with E-state index >= 15 is 0 Å². The zero-order valence-corrected chi connectivity index (χ0v) is 11.9. The van der Waals surface area contributed by atoms with E-state index < -0.39 is 0 Å². The van der Waals surface area contributed by atoms with E-state index in [1.54, 1.807) is 10.9 Å². The minimum atomic E-state index is -0.309. The van der Waals surface area contributed by atoms with Crippen LogP contribution in [0.3, 0.4) is 0 Å². The standard InChI is InChI=1S/C13H20ClN3O/c1-4-13(5-6-15-8-13)12(18)11-10(14)7-16-17(11)9(2)3/h7,9,15H,4-6,8H2,1-3H3. The predicted molar refractivity (Wildman–Crippen MR) is 72.2 cm³/mol. The second kappa shape index (κ2) is 5.02. The smallest absolute Gasteiger partial charge is 0.189 e. The van der Waals surface area contributed by atoms with Crippen molar-refractivity contribution in [1.29, 1.82) is 0 Å². The minimum absolute atomic E-state index is 0.131. The van der Waals surface area contributed by atoms with Crippen molar-refractivity contribution in [1.82, 2.24) is 15.1 Å². The van der Waals surface area contributed by atoms with E-state index in [0.717, 1.165) is 25.9 Å². The zero-order chi connectivity index (χ0) is 13.3. The molecule has 18 heavy (non-hydrogen) atoms. The first-order valence-electron chi connectivity index (χ1n) is 6.50. The topological polar surface area (TPSA) is 46.9 Å². The Bertz CT molecular complexity index is 447. The lowest BCUT2D eigenvalue weighted by Crippen LogP contribution is -2.34. The monoisotopic (exact) mass is 269 g/mol. The molecule has 0 bridgehead atoms. The summed E-state index contributed by atoms with van der Waals surface area (Å²) < 4.78 is 1.74. The van der Waals surface area contributed by atoms with Gasteiger partial charge in [-0.3, -0.25) is 9.48 Å². The van der Waals surface area contributed by atoms with Crippen molar-refractivity contribution in [2.75, 3.05) is 13.1 Å². The molecular formula is C13H20ClN3O. The van der Waals surface area contributed by atoms with Crippen molar-refractivity contribution in [3.63, 3.8) is 0 Å². The molecule has 5 heteroatoms. The van der Waals surface area contributed by atoms with Crippen LogP contribution in [0.1, 0.15) is 50.1 Å². The van der Waals surface area contributed by atoms with Gasteiger partial charge < -0.3 is 5.32 Å². The molecule has 2 rings (SSSR count). The predicted octanol–water partition coefficient (Wildman–Crippen LogP) is 2.69. The zero-order valence-electron chi connectivity index (χ0n) is 11.2. The highest BCUT2D eigenvalue weighted by atomic mass is 35.5. The van der Waals surface area contributed by atoms with Crippen LogP contribution in [0.5, 0.6) is 0 Å². The molecule has 1 aliphatic rings. The van der Waals surface area contributed by atoms with Gasteiger partial charge in [-0.25, -0.2) is 0 Å². The fourth-order valence-corrected chi connectivity index (χ4v) is 2.81. The van der Waals surface area contributed by atoms with Crippen LogP contribution in [0.2, 0.25) is 5.02 Å². The van der Waals surface area contributed by atoms with Crippen molar-refractivity contribution in [2.45, 2.75) is 39.7 Å². The molecule has 1 aliphatic heterocycles. The fraction of sp³-hybridized carbons (Fsp3) is 0.692. The van der Waals surface area contributed by atoms with Crippen LogP contribution in [0.4, 0.5) is 0 Å². The van der Waals surface area contributed by atoms with Crippen LogP contribution >= 0.6 is 11.6 Å². The van der Waals surface area contributed by atoms with E-state index in [1.807, 2.05) is 13.8 Å². The minimum Gasteiger partial charge on any atom is -0.316 e. The van der Waals surface area contributed by atoms with Gasteiger partial charge >= 0.3 is 0 Å². The van der Waals surface area contributed by atoms with Crippen LogP contribution in [-0.2, 0) is 0 Å². The van der Waals surface area contributed by atoms with Gasteiger partial charge in [0.15, 0.2) is 5.78 Å². The molecule has 1 N–H and O–H groups in total. The number of ketones is 1. The van der Waals surface area contributed by atoms with Gasteiger partial charge in [0, 0.05) is 18.0 Å². The first-order valence-corrected chi connectivity index (χ1v) is 6.88. The van der Waals surface area contributed by atoms with Gasteiger partial charge in [-0.15, -0.1) is 0 Å². The quantitative estimate of drug-likeness (QED) is 0.855. The molecule has 1 aromatic heterocycles. The Kier molecular flexibility index (Phi) is 3.78. The molecule has 0 saturated carbocycles. The summed E-state index contributed by atoms with van der Waals surface area (Å²) in [6, 6.07) is 0.139. The molecule has 1 saturated heterocycles. The number of hydrogen-bond donors (Lipinski definition) is 1. The summed E-state index contributed by atoms with van der Waals surface area (Å²) in [6.07, 6.45) is 3.28. The molecule has 1 atom stereocenters. The van der Waals surface area contributed by atoms with E-state index in [2.05, 4.69) is 17.3 Å². The molecule has 0 amide bonds. The fourth-order valence-electron chi connectivity index (χ4n) is 2.60. The maximum absolute atomic E-state index is 12.8. The molecule has 0 aromatic carbocycles. The second-order valence-corrected chi connectivity index (χ2v) is 5.68. The highest BCUT2D eigenvalue weighted by molar-refractivity contribution is 6.33. The number of hydrogen-bond acceptors (Lipinski definition) is 3. The Morgan fingerprint density at radius 3 is 2.89 bits per heavy atom. The Hall–Kier alpha value is -0.870. The molecule has 0 radical (unpaired) electrons. The van der Waals surface area contributed by atoms with Gasteiger partial charge in [0.05, 0.1) is 11.2 Å². The molecular weight excluding hydrogens is 250 g/mol. The van der Waals surface area contributed by atoms with Gasteiger partial charge in [-0.05, 0) is 33.2 Å². The molecule has 1 unspecified atom stereocenters. The number of nitrogens with one attached hydrogen (secondary N) is 1. The van der Waals surface area contributed by atoms with Gasteiger partial charge in [0.25, 0.3) is 0 Å². The number of carbonyl (C=O) groups excluding carboxylic acids is 1. The lowest BCUT2D eigenvalue weighted by Gasteiger charge is -2.25. The number of nitrogens with zero attached hydrogens (tertiary/aromatic N) is 2. The maximum atomic E-state index is 12.8. The Morgan fingerprint density at radius 2 is 2.39 bits per heavy atom. The number of aromatic nitrogens is 2. The van der Waals surface area contributed by atoms with Crippen molar-refractivity contribution in [3.05, 3.63) is 16.9 Å². The number of rotatable bonds is 4. The molecule has 1 aromatic rings. The lowest BCUT2D eigenvalue weighted by atomic mass is 9.78. The van der Waals surface area contributed by atoms with Gasteiger partial charge in [-0.2, -0.15) is 5.10 Å². The molecule has 4 nitrogen and oxygen atoms in total. The average Bonchev–Trinajstić information content (AvgIpc) is 2.95. The summed E-state index contributed by atoms with van der Waals surface area (Å²) >= 11 is 6.16. The SMILES string of the molecule is CCC1(C(=O)c2c(Cl)cnn2C(C)C)CCNC1. The average molecular weight is 270 g/mol. The number of carbonyl (C=O) groups is 1. The summed E-state index contributed by atoms with van der Waals surface area (Å²) in [4.78, 5) is 12.8. The van der Waals surface area contributed by atoms with E-state index in [-0.39, 0.29) is 17.2 Å². The normalized spacial score (nSPS) is 23.8. The summed E-state index contributed by atoms with van der Waals surface area (Å²) in [5, 5.41) is 7.96. The molecule has 1 fully saturated rings. The van der Waals surface area contributed by atoms with Gasteiger partial charge in [-0.1, -0.05) is 18.5 Å². The summed E-state index contributed by atoms with van der Waals surface area (Å²) in [5.41, 5.74) is 0.258. The van der Waals surface area contributed by atoms with Crippen molar-refractivity contribution in [2.24, 2.45) is 5.41 Å². The van der Waals surface area contributed by atoms with E-state index in [4.69, 9.17) is 11.6 Å². The molecule has 0 aliphatic carbocycles. The van der Waals surface area contributed by atoms with Crippen LogP contribution in [0.25, 0.3) is 0 Å². The van der Waals surface area contributed by atoms with Crippen molar-refractivity contribution < 1.29 is 4.79 Å². The third kappa shape index (κ3) is 2.08. The Morgan fingerprint density at radius 1 is 1.67 bits per heavy atom. The van der Waals surface area contributed by atoms with Crippen molar-refractivity contribution >= 4 is 17.4 Å². The van der Waals surface area contributed by atoms with Crippen LogP contribution < -0.4 is 5.32 Å². The summed E-state index contributed by atoms with van der Waals surface area (Å²) in [7, 11) is 0. The maximum Gasteiger partial charge on any atom is 0.189 e. The molecule has 2 heterocycles. The van der Waals surface area contributed by atoms with Crippen LogP contribution in [0, 0.1) is 5.41 Å². The van der Waals surface area contributed by atoms with Gasteiger partial charge in [0.1, 0.15) is 5.69 Å². The Balaban J connectivity index is 2.42. The number of halogens is 1. The van der Waals surface area contributed by atoms with Crippen molar-refractivity contribution in [3.8, 4) is 0 Å². The summed E-state index contributed by atoms with van der Waals surface area (Å²) in [5.74, 6) is 0.131. The van der Waals surface area contributed by atoms with Crippen LogP contribution in [0.15, 0.2) is 6.20 Å². The highest BCUT2D eigenvalue weighted by Crippen LogP contribution is 2.36. The van der Waals surface area contributed by atoms with Gasteiger partial charge in [0.2, 0.25) is 0 Å². The largest absolute Gasteiger partial charge is 0.316 e. The van der Waals surface area contributed by atoms with E-state index in [0.29, 0.717) is 10.7 Å². The third-order valence-electron chi connectivity index (χ3n) is 3.86.